The van der Waals surface area contributed by atoms with Gasteiger partial charge in [0.2, 0.25) is 17.7 Å². The molecule has 5 aromatic heterocycles. The zero-order chi connectivity index (χ0) is 94.8. The molecule has 0 spiro atoms. The maximum absolute atomic E-state index is 13.0. The summed E-state index contributed by atoms with van der Waals surface area (Å²) in [5.74, 6) is 1.58. The number of terminal acetylenes is 1. The molecule has 37 nitrogen and oxygen atoms in total. The maximum Gasteiger partial charge on any atom is 0.483 e. The number of alkyl halides is 1. The zero-order valence-corrected chi connectivity index (χ0v) is 80.3. The van der Waals surface area contributed by atoms with E-state index in [4.69, 9.17) is 86.4 Å². The molecule has 5 aromatic rings. The predicted octanol–water partition coefficient (Wildman–Crippen LogP) is 12.1. The van der Waals surface area contributed by atoms with Crippen molar-refractivity contribution in [1.82, 2.24) is 45.9 Å². The highest BCUT2D eigenvalue weighted by Crippen LogP contribution is 2.68. The summed E-state index contributed by atoms with van der Waals surface area (Å²) in [7, 11) is -3.84. The average Bonchev–Trinajstić information content (AvgIpc) is 1.49. The first-order valence-corrected chi connectivity index (χ1v) is 47.3. The summed E-state index contributed by atoms with van der Waals surface area (Å²) in [5, 5.41) is 67.1. The summed E-state index contributed by atoms with van der Waals surface area (Å²) >= 11 is 10.7. The molecular formula is C84H120B5ClN18O19S3. The van der Waals surface area contributed by atoms with Crippen LogP contribution in [0.2, 0.25) is 0 Å². The van der Waals surface area contributed by atoms with Crippen molar-refractivity contribution in [1.29, 1.82) is 0 Å². The van der Waals surface area contributed by atoms with E-state index in [9.17, 15) is 38.8 Å². The van der Waals surface area contributed by atoms with Crippen LogP contribution >= 0.6 is 45.6 Å². The Labute approximate surface area is 776 Å². The number of nitrogens with one attached hydrogen (secondary N) is 3. The molecule has 4 unspecified atom stereocenters. The molecule has 0 aromatic carbocycles. The van der Waals surface area contributed by atoms with E-state index < -0.39 is 80.7 Å². The molecule has 3 amide bonds. The van der Waals surface area contributed by atoms with E-state index in [1.807, 2.05) is 52.4 Å². The number of aromatic nitrogens is 6. The molecule has 21 rings (SSSR count). The number of nitrogens with zero attached hydrogens (tertiary/aromatic N) is 15. The number of carboxylic acid groups (broad SMARTS) is 1. The van der Waals surface area contributed by atoms with Gasteiger partial charge in [-0.3, -0.25) is 23.7 Å². The molecule has 46 heteroatoms. The molecule has 0 radical (unpaired) electrons. The Morgan fingerprint density at radius 1 is 0.562 bits per heavy atom. The van der Waals surface area contributed by atoms with Gasteiger partial charge in [0, 0.05) is 48.4 Å². The van der Waals surface area contributed by atoms with Crippen LogP contribution in [0, 0.1) is 81.3 Å². The second-order valence-corrected chi connectivity index (χ2v) is 45.0. The van der Waals surface area contributed by atoms with Crippen LogP contribution in [0.15, 0.2) is 80.3 Å². The minimum absolute atomic E-state index is 0.0188. The Bertz CT molecular complexity index is 5020. The van der Waals surface area contributed by atoms with Crippen molar-refractivity contribution in [3.05, 3.63) is 122 Å². The highest BCUT2D eigenvalue weighted by molar-refractivity contribution is 7.10. The van der Waals surface area contributed by atoms with Crippen molar-refractivity contribution in [2.75, 3.05) is 19.5 Å². The number of rotatable bonds is 25. The monoisotopic (exact) mass is 1870 g/mol. The van der Waals surface area contributed by atoms with Gasteiger partial charge in [0.1, 0.15) is 11.2 Å². The molecule has 12 aliphatic carbocycles. The van der Waals surface area contributed by atoms with E-state index >= 15 is 0 Å². The summed E-state index contributed by atoms with van der Waals surface area (Å²) in [4.78, 5) is 82.0. The number of hydrogen-bond donors (Lipinski definition) is 6. The number of esters is 2. The van der Waals surface area contributed by atoms with Gasteiger partial charge in [-0.1, -0.05) is 99.4 Å². The van der Waals surface area contributed by atoms with E-state index in [0.29, 0.717) is 58.7 Å². The molecule has 20 atom stereocenters. The number of halogens is 1. The lowest BCUT2D eigenvalue weighted by atomic mass is 9.45. The Hall–Kier alpha value is -8.10. The van der Waals surface area contributed by atoms with E-state index in [1.165, 1.54) is 41.5 Å². The van der Waals surface area contributed by atoms with Crippen LogP contribution in [0.3, 0.4) is 0 Å². The third kappa shape index (κ3) is 23.1. The molecule has 16 fully saturated rings. The van der Waals surface area contributed by atoms with Gasteiger partial charge in [-0.15, -0.1) is 62.2 Å². The molecule has 4 saturated heterocycles. The molecule has 4 aliphatic heterocycles. The topological polar surface area (TPSA) is 499 Å². The van der Waals surface area contributed by atoms with Crippen LogP contribution in [0.1, 0.15) is 212 Å². The summed E-state index contributed by atoms with van der Waals surface area (Å²) < 4.78 is 62.6. The minimum atomic E-state index is -1.82. The summed E-state index contributed by atoms with van der Waals surface area (Å²) in [6.45, 7) is 38.2. The number of aromatic carboxylic acids is 1. The first kappa shape index (κ1) is 101. The van der Waals surface area contributed by atoms with Crippen molar-refractivity contribution in [3.8, 4) is 12.3 Å². The van der Waals surface area contributed by atoms with Crippen LogP contribution in [0.5, 0.6) is 0 Å². The molecule has 8 bridgehead atoms. The van der Waals surface area contributed by atoms with E-state index in [2.05, 4.69) is 150 Å². The summed E-state index contributed by atoms with van der Waals surface area (Å²) in [6, 6.07) is 11.3. The van der Waals surface area contributed by atoms with Crippen molar-refractivity contribution in [3.63, 3.8) is 0 Å². The number of amides is 3. The quantitative estimate of drug-likeness (QED) is 0.00462. The standard InChI is InChI=1S/C25H35BN4O5S.C18H25BN4O3S.C12H19BClN3O2.C11H13BN4O5S.C11H18BN3O2.C7H10O2/c1-23(2,3)33-22(32)18-13-30(29-28-18)14-19(27-20(31)11-16-8-7-9-36-16)26-34-21-17-10-15(24(17,4)5)12-25(21,6)35-26;1-17(2)11-7-13(17)16-18(3,9-11)26-19(25-16)14(10-21-23-20)22-15(24)8-12-5-4-6-27-12;1-11(2)7-4-8(11)10-12(3,5-7)19-13(18-10)9(14)6-16-17-15;17-10(4-7-2-1-3-22-7)13-9(12(20)21)6-16-5-8(11(18)19)14-15-16;1-10(2)7-4-8(10)9-11(3,5-7)17-12(16-9)6-14-15-13;1-5-6(8)9-7(2,3)4/h7-9,13,15,17,19,21H,10-12,14H2,1-6H3,(H,27,31);4-6,11,13-14,16H,7-10H2,1-3H3,(H,22,24);7-10H,4-6H2,1-3H3;1-3,5,9,20-21H,4,6H2,(H,13,17)(H,18,19);7-9H,4-6H2,1-3H3;1H,2-4H3/t15-,17+,19-,21?,25+;11-,13+,14-,16?,18+;7-,8+,9+,10?,12+;9-;7-,8+,9?,11+;/m11111./s1. The average molecular weight is 1870 g/mol. The first-order valence-electron chi connectivity index (χ1n) is 44.2. The van der Waals surface area contributed by atoms with Gasteiger partial charge in [0.05, 0.1) is 121 Å². The molecule has 16 aliphatic rings. The number of hydrogen-bond acceptors (Lipinski definition) is 28. The number of carbonyl (C=O) groups excluding carboxylic acids is 5. The Balaban J connectivity index is 0.000000147. The lowest BCUT2D eigenvalue weighted by Crippen LogP contribution is -2.63. The van der Waals surface area contributed by atoms with Crippen molar-refractivity contribution in [2.45, 2.75) is 289 Å². The highest BCUT2D eigenvalue weighted by Gasteiger charge is 2.71. The molecule has 130 heavy (non-hydrogen) atoms. The number of carbonyl (C=O) groups is 6. The van der Waals surface area contributed by atoms with Crippen molar-refractivity contribution < 1.29 is 90.6 Å². The first-order chi connectivity index (χ1) is 60.9. The fourth-order valence-electron chi connectivity index (χ4n) is 21.1. The number of azide groups is 3. The molecule has 6 N–H and O–H groups in total. The van der Waals surface area contributed by atoms with Gasteiger partial charge < -0.3 is 77.8 Å². The van der Waals surface area contributed by atoms with Crippen molar-refractivity contribution in [2.24, 2.45) is 84.3 Å². The van der Waals surface area contributed by atoms with E-state index in [1.54, 1.807) is 70.3 Å². The normalized spacial score (nSPS) is 30.3. The van der Waals surface area contributed by atoms with Crippen LogP contribution in [-0.4, -0.2) is 217 Å². The van der Waals surface area contributed by atoms with Crippen molar-refractivity contribution >= 4 is 117 Å². The van der Waals surface area contributed by atoms with E-state index in [-0.39, 0.29) is 139 Å². The maximum atomic E-state index is 13.0. The van der Waals surface area contributed by atoms with Gasteiger partial charge in [0.15, 0.2) is 11.4 Å². The molecule has 12 saturated carbocycles. The Morgan fingerprint density at radius 2 is 0.938 bits per heavy atom. The van der Waals surface area contributed by atoms with Crippen LogP contribution < -0.4 is 16.0 Å². The molecular weight excluding hydrogens is 1750 g/mol. The van der Waals surface area contributed by atoms with Gasteiger partial charge in [-0.25, -0.2) is 14.4 Å². The van der Waals surface area contributed by atoms with Gasteiger partial charge in [-0.05, 0) is 241 Å². The van der Waals surface area contributed by atoms with Crippen LogP contribution in [-0.2, 0) is 98.2 Å². The van der Waals surface area contributed by atoms with Gasteiger partial charge in [-0.2, -0.15) is 0 Å². The Kier molecular flexibility index (Phi) is 31.2. The number of thiophene rings is 3. The third-order valence-electron chi connectivity index (χ3n) is 28.6. The largest absolute Gasteiger partial charge is 0.483 e. The van der Waals surface area contributed by atoms with Gasteiger partial charge in [0.25, 0.3) is 0 Å². The van der Waals surface area contributed by atoms with E-state index in [0.717, 1.165) is 63.5 Å². The third-order valence-corrected chi connectivity index (χ3v) is 31.6. The highest BCUT2D eigenvalue weighted by atomic mass is 35.5. The molecule has 700 valence electrons. The SMILES string of the molecule is C#CC(=O)OC(C)(C)C.CC(C)(C)OC(=O)c1cn(C[C@@H](NC(=O)Cc2cccs2)B2OC3[C@@H]4C[C@H](C[C@]3(C)O2)C4(C)C)nn1.CC1(C)[C@@H]2C[C@H]1C1OB(CN=[N+]=[N-])O[C@@]1(C)C2.CC1(C)[C@@H]2C[C@H]1C1OB([C@@H](CN=[N+]=[N-])NC(=O)Cc3cccs3)O[C@@]1(C)C2.CC1(C)[C@@H]2C[C@H]1C1OB([C@@H](Cl)CN=[N+]=[N-])O[C@@]1(C)C2.O=C(Cc1cccs1)N[C@H](Cn1cc(C(=O)O)nn1)B(O)O. The van der Waals surface area contributed by atoms with Crippen LogP contribution in [0.4, 0.5) is 0 Å². The lowest BCUT2D eigenvalue weighted by molar-refractivity contribution is -0.185. The smallest absolute Gasteiger partial charge is 0.476 e. The number of ether oxygens (including phenoxy) is 2. The summed E-state index contributed by atoms with van der Waals surface area (Å²) in [6.07, 6.45) is 17.5. The zero-order valence-electron chi connectivity index (χ0n) is 77.1. The Morgan fingerprint density at radius 3 is 1.32 bits per heavy atom. The fourth-order valence-corrected chi connectivity index (χ4v) is 23.4. The molecule has 9 heterocycles. The van der Waals surface area contributed by atoms with Crippen LogP contribution in [0.25, 0.3) is 31.3 Å². The second kappa shape index (κ2) is 40.2. The number of carboxylic acids is 1. The minimum Gasteiger partial charge on any atom is -0.476 e. The fraction of sp³-hybridized carbons (Fsp3) is 0.714. The lowest BCUT2D eigenvalue weighted by Gasteiger charge is -2.63. The second-order valence-electron chi connectivity index (χ2n) is 41.3. The summed E-state index contributed by atoms with van der Waals surface area (Å²) in [5.41, 5.74) is 24.3. The predicted molar refractivity (Wildman–Crippen MR) is 489 cm³/mol. The van der Waals surface area contributed by atoms with Gasteiger partial charge >= 0.3 is 53.5 Å².